The lowest BCUT2D eigenvalue weighted by molar-refractivity contribution is -0.175. The summed E-state index contributed by atoms with van der Waals surface area (Å²) in [5.74, 6) is -1.74. The predicted molar refractivity (Wildman–Crippen MR) is 154 cm³/mol. The Hall–Kier alpha value is -3.99. The number of aromatic nitrogens is 4. The molecule has 2 aliphatic carbocycles. The van der Waals surface area contributed by atoms with Crippen molar-refractivity contribution in [1.29, 1.82) is 0 Å². The molecule has 42 heavy (non-hydrogen) atoms. The molecule has 8 nitrogen and oxygen atoms in total. The summed E-state index contributed by atoms with van der Waals surface area (Å²) in [4.78, 5) is 21.3. The number of aliphatic hydroxyl groups excluding tert-OH is 1. The number of para-hydroxylation sites is 1. The molecule has 220 valence electrons. The highest BCUT2D eigenvalue weighted by Gasteiger charge is 2.44. The van der Waals surface area contributed by atoms with E-state index in [-0.39, 0.29) is 25.0 Å². The number of Topliss-reactive ketones (excluding diaryl/α,β-unsaturated/α-hetero) is 1. The van der Waals surface area contributed by atoms with E-state index in [1.54, 1.807) is 12.3 Å². The molecule has 2 aromatic carbocycles. The minimum absolute atomic E-state index is 0.0523. The van der Waals surface area contributed by atoms with Crippen molar-refractivity contribution < 1.29 is 23.1 Å². The Morgan fingerprint density at radius 1 is 1.00 bits per heavy atom. The van der Waals surface area contributed by atoms with Gasteiger partial charge >= 0.3 is 6.18 Å². The first-order valence-electron chi connectivity index (χ1n) is 14.3. The normalized spacial score (nSPS) is 20.8. The number of anilines is 4. The summed E-state index contributed by atoms with van der Waals surface area (Å²) in [5.41, 5.74) is 6.10. The maximum Gasteiger partial charge on any atom is 0.450 e. The molecule has 3 N–H and O–H groups in total. The van der Waals surface area contributed by atoms with Crippen LogP contribution in [0.25, 0.3) is 11.0 Å². The van der Waals surface area contributed by atoms with Crippen molar-refractivity contribution in [3.8, 4) is 0 Å². The van der Waals surface area contributed by atoms with Crippen molar-refractivity contribution >= 4 is 40.0 Å². The smallest absolute Gasteiger partial charge is 0.393 e. The number of rotatable bonds is 6. The van der Waals surface area contributed by atoms with Gasteiger partial charge in [-0.2, -0.15) is 23.3 Å². The topological polar surface area (TPSA) is 105 Å². The summed E-state index contributed by atoms with van der Waals surface area (Å²) < 4.78 is 41.1. The van der Waals surface area contributed by atoms with E-state index in [1.165, 1.54) is 0 Å². The van der Waals surface area contributed by atoms with Gasteiger partial charge in [0.15, 0.2) is 11.5 Å². The zero-order valence-electron chi connectivity index (χ0n) is 23.5. The summed E-state index contributed by atoms with van der Waals surface area (Å²) in [5, 5.41) is 22.5. The van der Waals surface area contributed by atoms with Crippen LogP contribution in [0.15, 0.2) is 42.6 Å². The van der Waals surface area contributed by atoms with Crippen LogP contribution in [0.2, 0.25) is 0 Å². The molecule has 1 fully saturated rings. The number of nitrogens with one attached hydrogen (secondary N) is 2. The van der Waals surface area contributed by atoms with Crippen molar-refractivity contribution in [3.63, 3.8) is 0 Å². The number of aliphatic hydroxyl groups is 1. The molecular weight excluding hydrogens is 545 g/mol. The molecule has 2 aliphatic rings. The second-order valence-electron chi connectivity index (χ2n) is 11.5. The third-order valence-electron chi connectivity index (χ3n) is 8.53. The van der Waals surface area contributed by atoms with Gasteiger partial charge in [-0.1, -0.05) is 24.3 Å². The Bertz CT molecular complexity index is 1620. The molecule has 2 heterocycles. The molecule has 11 heteroatoms. The van der Waals surface area contributed by atoms with Gasteiger partial charge in [-0.15, -0.1) is 0 Å². The number of alkyl halides is 3. The van der Waals surface area contributed by atoms with E-state index in [1.807, 2.05) is 48.9 Å². The predicted octanol–water partition coefficient (Wildman–Crippen LogP) is 6.64. The molecule has 0 spiro atoms. The van der Waals surface area contributed by atoms with Gasteiger partial charge in [0.05, 0.1) is 17.5 Å². The van der Waals surface area contributed by atoms with Crippen molar-refractivity contribution in [3.05, 3.63) is 64.8 Å². The SMILES string of the molecule is Cc1cccc(C)c1Nc1nn(C2CCC(O)CC2)c2nc(Nc3ccc4c(c3)CC(C(=O)C(F)(F)F)CC4)ncc12. The van der Waals surface area contributed by atoms with Crippen molar-refractivity contribution in [2.45, 2.75) is 77.1 Å². The number of ketones is 1. The number of carbonyl (C=O) groups is 1. The van der Waals surface area contributed by atoms with Gasteiger partial charge in [0.2, 0.25) is 11.7 Å². The van der Waals surface area contributed by atoms with E-state index >= 15 is 0 Å². The second kappa shape index (κ2) is 11.0. The van der Waals surface area contributed by atoms with Gasteiger partial charge in [-0.3, -0.25) is 4.79 Å². The second-order valence-corrected chi connectivity index (χ2v) is 11.5. The molecule has 4 aromatic rings. The first kappa shape index (κ1) is 28.1. The van der Waals surface area contributed by atoms with Gasteiger partial charge in [0.25, 0.3) is 0 Å². The zero-order valence-corrected chi connectivity index (χ0v) is 23.5. The molecule has 0 aliphatic heterocycles. The van der Waals surface area contributed by atoms with E-state index in [0.717, 1.165) is 46.2 Å². The summed E-state index contributed by atoms with van der Waals surface area (Å²) in [6, 6.07) is 11.7. The number of hydrogen-bond donors (Lipinski definition) is 3. The van der Waals surface area contributed by atoms with Crippen LogP contribution in [-0.2, 0) is 17.6 Å². The largest absolute Gasteiger partial charge is 0.450 e. The molecule has 0 saturated heterocycles. The van der Waals surface area contributed by atoms with Crippen LogP contribution in [0.1, 0.15) is 60.4 Å². The highest BCUT2D eigenvalue weighted by atomic mass is 19.4. The van der Waals surface area contributed by atoms with Crippen molar-refractivity contribution in [1.82, 2.24) is 19.7 Å². The lowest BCUT2D eigenvalue weighted by Crippen LogP contribution is -2.33. The Morgan fingerprint density at radius 2 is 1.74 bits per heavy atom. The molecule has 0 amide bonds. The molecule has 2 aromatic heterocycles. The Labute approximate surface area is 241 Å². The Balaban J connectivity index is 1.31. The fourth-order valence-electron chi connectivity index (χ4n) is 6.18. The van der Waals surface area contributed by atoms with Crippen LogP contribution in [0.5, 0.6) is 0 Å². The number of carbonyl (C=O) groups excluding carboxylic acids is 1. The van der Waals surface area contributed by atoms with Crippen LogP contribution in [0.3, 0.4) is 0 Å². The highest BCUT2D eigenvalue weighted by Crippen LogP contribution is 2.36. The fraction of sp³-hybridized carbons (Fsp3) is 0.419. The third kappa shape index (κ3) is 5.57. The van der Waals surface area contributed by atoms with Crippen LogP contribution in [-0.4, -0.2) is 42.9 Å². The van der Waals surface area contributed by atoms with Crippen LogP contribution < -0.4 is 10.6 Å². The van der Waals surface area contributed by atoms with E-state index in [0.29, 0.717) is 42.4 Å². The van der Waals surface area contributed by atoms with Crippen molar-refractivity contribution in [2.75, 3.05) is 10.6 Å². The third-order valence-corrected chi connectivity index (χ3v) is 8.53. The van der Waals surface area contributed by atoms with E-state index in [9.17, 15) is 23.1 Å². The minimum atomic E-state index is -4.83. The van der Waals surface area contributed by atoms with Crippen LogP contribution in [0, 0.1) is 19.8 Å². The van der Waals surface area contributed by atoms with Crippen molar-refractivity contribution in [2.24, 2.45) is 5.92 Å². The summed E-state index contributed by atoms with van der Waals surface area (Å²) in [6.45, 7) is 4.07. The zero-order chi connectivity index (χ0) is 29.6. The summed E-state index contributed by atoms with van der Waals surface area (Å²) >= 11 is 0. The maximum atomic E-state index is 13.1. The van der Waals surface area contributed by atoms with Crippen LogP contribution in [0.4, 0.5) is 36.3 Å². The lowest BCUT2D eigenvalue weighted by atomic mass is 9.81. The summed E-state index contributed by atoms with van der Waals surface area (Å²) in [6.07, 6.45) is 0.184. The number of aryl methyl sites for hydroxylation is 3. The standard InChI is InChI=1S/C31H33F3N6O2/c1-17-4-3-5-18(2)26(17)37-28-25-16-35-30(38-29(25)40(39-28)23-10-12-24(41)13-11-23)36-22-9-8-19-6-7-20(14-21(19)15-22)27(42)31(32,33)34/h3-5,8-9,15-16,20,23-24,41H,6-7,10-14H2,1-2H3,(H,37,39)(H,35,36,38). The first-order chi connectivity index (χ1) is 20.1. The molecule has 6 rings (SSSR count). The van der Waals surface area contributed by atoms with Gasteiger partial charge in [0.1, 0.15) is 0 Å². The van der Waals surface area contributed by atoms with Crippen LogP contribution >= 0.6 is 0 Å². The van der Waals surface area contributed by atoms with Gasteiger partial charge < -0.3 is 15.7 Å². The Morgan fingerprint density at radius 3 is 2.45 bits per heavy atom. The van der Waals surface area contributed by atoms with Gasteiger partial charge in [0, 0.05) is 23.5 Å². The first-order valence-corrected chi connectivity index (χ1v) is 14.3. The number of benzene rings is 2. The monoisotopic (exact) mass is 578 g/mol. The minimum Gasteiger partial charge on any atom is -0.393 e. The molecular formula is C31H33F3N6O2. The number of fused-ring (bicyclic) bond motifs is 2. The van der Waals surface area contributed by atoms with E-state index in [4.69, 9.17) is 10.1 Å². The quantitative estimate of drug-likeness (QED) is 0.236. The number of nitrogens with zero attached hydrogens (tertiary/aromatic N) is 4. The molecule has 0 bridgehead atoms. The molecule has 1 unspecified atom stereocenters. The summed E-state index contributed by atoms with van der Waals surface area (Å²) in [7, 11) is 0. The van der Waals surface area contributed by atoms with E-state index < -0.39 is 17.9 Å². The molecule has 1 saturated carbocycles. The maximum absolute atomic E-state index is 13.1. The molecule has 1 atom stereocenters. The highest BCUT2D eigenvalue weighted by molar-refractivity contribution is 5.90. The van der Waals surface area contributed by atoms with Gasteiger partial charge in [-0.05, 0) is 93.2 Å². The van der Waals surface area contributed by atoms with Gasteiger partial charge in [-0.25, -0.2) is 9.67 Å². The number of hydrogen-bond acceptors (Lipinski definition) is 7. The fourth-order valence-corrected chi connectivity index (χ4v) is 6.18. The Kier molecular flexibility index (Phi) is 7.38. The number of halogens is 3. The molecule has 0 radical (unpaired) electrons. The average Bonchev–Trinajstić information content (AvgIpc) is 3.31. The lowest BCUT2D eigenvalue weighted by Gasteiger charge is -2.26. The van der Waals surface area contributed by atoms with E-state index in [2.05, 4.69) is 15.6 Å². The average molecular weight is 579 g/mol.